The molecule has 154 valence electrons. The Morgan fingerprint density at radius 3 is 2.34 bits per heavy atom. The van der Waals surface area contributed by atoms with E-state index in [9.17, 15) is 9.59 Å². The van der Waals surface area contributed by atoms with E-state index in [0.29, 0.717) is 13.1 Å². The van der Waals surface area contributed by atoms with Crippen LogP contribution >= 0.6 is 0 Å². The molecule has 0 atom stereocenters. The molecule has 1 fully saturated rings. The van der Waals surface area contributed by atoms with Crippen molar-refractivity contribution in [3.63, 3.8) is 0 Å². The lowest BCUT2D eigenvalue weighted by molar-refractivity contribution is -0.133. The van der Waals surface area contributed by atoms with Crippen molar-refractivity contribution in [2.24, 2.45) is 0 Å². The Bertz CT molecular complexity index is 856. The molecule has 0 aromatic heterocycles. The molecule has 3 rings (SSSR count). The average Bonchev–Trinajstić information content (AvgIpc) is 2.74. The molecule has 2 aromatic rings. The van der Waals surface area contributed by atoms with Gasteiger partial charge in [0.2, 0.25) is 11.8 Å². The van der Waals surface area contributed by atoms with Crippen LogP contribution in [0.4, 0.5) is 5.69 Å². The highest BCUT2D eigenvalue weighted by atomic mass is 16.5. The van der Waals surface area contributed by atoms with Gasteiger partial charge in [-0.2, -0.15) is 0 Å². The van der Waals surface area contributed by atoms with E-state index in [4.69, 9.17) is 4.74 Å². The van der Waals surface area contributed by atoms with E-state index < -0.39 is 0 Å². The zero-order valence-corrected chi connectivity index (χ0v) is 17.4. The Morgan fingerprint density at radius 1 is 1.00 bits per heavy atom. The molecule has 1 N–H and O–H groups in total. The molecule has 0 saturated carbocycles. The van der Waals surface area contributed by atoms with Crippen LogP contribution in [0.15, 0.2) is 42.5 Å². The molecule has 1 aliphatic rings. The van der Waals surface area contributed by atoms with E-state index >= 15 is 0 Å². The highest BCUT2D eigenvalue weighted by Gasteiger charge is 2.22. The maximum absolute atomic E-state index is 12.5. The van der Waals surface area contributed by atoms with Crippen LogP contribution in [0.2, 0.25) is 0 Å². The number of benzene rings is 2. The zero-order valence-electron chi connectivity index (χ0n) is 17.4. The number of carbonyl (C=O) groups excluding carboxylic acids is 2. The fraction of sp³-hybridized carbons (Fsp3) is 0.391. The molecular formula is C23H29N3O3. The number of hydrogen-bond acceptors (Lipinski definition) is 4. The van der Waals surface area contributed by atoms with Gasteiger partial charge in [-0.15, -0.1) is 0 Å². The first kappa shape index (κ1) is 20.7. The lowest BCUT2D eigenvalue weighted by Crippen LogP contribution is -2.51. The number of piperazine rings is 1. The monoisotopic (exact) mass is 395 g/mol. The fourth-order valence-electron chi connectivity index (χ4n) is 3.55. The minimum atomic E-state index is -0.155. The van der Waals surface area contributed by atoms with Crippen molar-refractivity contribution >= 4 is 17.5 Å². The van der Waals surface area contributed by atoms with Gasteiger partial charge >= 0.3 is 0 Å². The van der Waals surface area contributed by atoms with E-state index in [2.05, 4.69) is 42.3 Å². The predicted octanol–water partition coefficient (Wildman–Crippen LogP) is 2.32. The van der Waals surface area contributed by atoms with Crippen molar-refractivity contribution < 1.29 is 14.3 Å². The van der Waals surface area contributed by atoms with Gasteiger partial charge < -0.3 is 19.9 Å². The third-order valence-corrected chi connectivity index (χ3v) is 5.51. The summed E-state index contributed by atoms with van der Waals surface area (Å²) in [6.45, 7) is 7.24. The van der Waals surface area contributed by atoms with Crippen molar-refractivity contribution in [3.05, 3.63) is 59.2 Å². The minimum absolute atomic E-state index is 0.0336. The van der Waals surface area contributed by atoms with Gasteiger partial charge in [-0.1, -0.05) is 24.3 Å². The quantitative estimate of drug-likeness (QED) is 0.816. The molecule has 6 heteroatoms. The molecule has 0 spiro atoms. The summed E-state index contributed by atoms with van der Waals surface area (Å²) in [4.78, 5) is 28.8. The smallest absolute Gasteiger partial charge is 0.242 e. The Hall–Kier alpha value is -3.02. The molecule has 6 nitrogen and oxygen atoms in total. The van der Waals surface area contributed by atoms with Crippen LogP contribution in [0.25, 0.3) is 0 Å². The zero-order chi connectivity index (χ0) is 20.8. The number of rotatable bonds is 6. The second kappa shape index (κ2) is 9.45. The van der Waals surface area contributed by atoms with Gasteiger partial charge in [-0.05, 0) is 48.7 Å². The highest BCUT2D eigenvalue weighted by molar-refractivity contribution is 5.86. The van der Waals surface area contributed by atoms with Crippen molar-refractivity contribution in [1.82, 2.24) is 10.2 Å². The van der Waals surface area contributed by atoms with Crippen LogP contribution in [0.3, 0.4) is 0 Å². The number of methoxy groups -OCH3 is 1. The molecule has 0 radical (unpaired) electrons. The number of nitrogens with one attached hydrogen (secondary N) is 1. The number of amides is 2. The number of ether oxygens (including phenoxy) is 1. The minimum Gasteiger partial charge on any atom is -0.497 e. The van der Waals surface area contributed by atoms with Crippen molar-refractivity contribution in [2.75, 3.05) is 44.7 Å². The molecule has 1 saturated heterocycles. The molecule has 0 bridgehead atoms. The van der Waals surface area contributed by atoms with Crippen molar-refractivity contribution in [3.8, 4) is 5.75 Å². The summed E-state index contributed by atoms with van der Waals surface area (Å²) in [5.41, 5.74) is 4.70. The normalized spacial score (nSPS) is 13.9. The van der Waals surface area contributed by atoms with E-state index in [0.717, 1.165) is 24.4 Å². The van der Waals surface area contributed by atoms with E-state index in [1.165, 1.54) is 16.8 Å². The van der Waals surface area contributed by atoms with Gasteiger partial charge in [0, 0.05) is 31.9 Å². The molecule has 0 unspecified atom stereocenters. The van der Waals surface area contributed by atoms with Gasteiger partial charge in [0.1, 0.15) is 5.75 Å². The first-order chi connectivity index (χ1) is 14.0. The molecular weight excluding hydrogens is 366 g/mol. The van der Waals surface area contributed by atoms with Gasteiger partial charge in [-0.25, -0.2) is 0 Å². The van der Waals surface area contributed by atoms with Crippen LogP contribution in [0, 0.1) is 13.8 Å². The van der Waals surface area contributed by atoms with Crippen LogP contribution in [-0.2, 0) is 16.0 Å². The molecule has 2 amide bonds. The molecule has 0 aliphatic carbocycles. The summed E-state index contributed by atoms with van der Waals surface area (Å²) in [6, 6.07) is 13.7. The van der Waals surface area contributed by atoms with Crippen LogP contribution in [-0.4, -0.2) is 56.5 Å². The van der Waals surface area contributed by atoms with Gasteiger partial charge in [0.05, 0.1) is 20.1 Å². The lowest BCUT2D eigenvalue weighted by Gasteiger charge is -2.37. The number of anilines is 1. The van der Waals surface area contributed by atoms with E-state index in [1.54, 1.807) is 7.11 Å². The Balaban J connectivity index is 1.44. The highest BCUT2D eigenvalue weighted by Crippen LogP contribution is 2.23. The topological polar surface area (TPSA) is 61.9 Å². The van der Waals surface area contributed by atoms with Crippen molar-refractivity contribution in [2.45, 2.75) is 20.3 Å². The standard InChI is InChI=1S/C23H29N3O3/c1-17-5-4-6-21(18(17)2)25-11-13-26(14-12-25)23(28)16-24-22(27)15-19-7-9-20(29-3)10-8-19/h4-10H,11-16H2,1-3H3,(H,24,27). The fourth-order valence-corrected chi connectivity index (χ4v) is 3.55. The Kier molecular flexibility index (Phi) is 6.75. The molecule has 1 aliphatic heterocycles. The summed E-state index contributed by atoms with van der Waals surface area (Å²) in [5, 5.41) is 2.74. The maximum Gasteiger partial charge on any atom is 0.242 e. The summed E-state index contributed by atoms with van der Waals surface area (Å²) in [5.74, 6) is 0.565. The third-order valence-electron chi connectivity index (χ3n) is 5.51. The Morgan fingerprint density at radius 2 is 1.69 bits per heavy atom. The second-order valence-electron chi connectivity index (χ2n) is 7.39. The molecule has 29 heavy (non-hydrogen) atoms. The van der Waals surface area contributed by atoms with Gasteiger partial charge in [0.25, 0.3) is 0 Å². The summed E-state index contributed by atoms with van der Waals surface area (Å²) in [7, 11) is 1.61. The number of aryl methyl sites for hydroxylation is 1. The summed E-state index contributed by atoms with van der Waals surface area (Å²) in [6.07, 6.45) is 0.248. The number of nitrogens with zero attached hydrogens (tertiary/aromatic N) is 2. The SMILES string of the molecule is COc1ccc(CC(=O)NCC(=O)N2CCN(c3cccc(C)c3C)CC2)cc1. The number of hydrogen-bond donors (Lipinski definition) is 1. The first-order valence-corrected chi connectivity index (χ1v) is 9.96. The molecule has 1 heterocycles. The van der Waals surface area contributed by atoms with Gasteiger partial charge in [0.15, 0.2) is 0 Å². The first-order valence-electron chi connectivity index (χ1n) is 9.96. The van der Waals surface area contributed by atoms with Crippen LogP contribution in [0.5, 0.6) is 5.75 Å². The second-order valence-corrected chi connectivity index (χ2v) is 7.39. The lowest BCUT2D eigenvalue weighted by atomic mass is 10.1. The third kappa shape index (κ3) is 5.28. The maximum atomic E-state index is 12.5. The van der Waals surface area contributed by atoms with Crippen LogP contribution in [0.1, 0.15) is 16.7 Å². The Labute approximate surface area is 172 Å². The largest absolute Gasteiger partial charge is 0.497 e. The average molecular weight is 396 g/mol. The summed E-state index contributed by atoms with van der Waals surface area (Å²) < 4.78 is 5.11. The number of carbonyl (C=O) groups is 2. The van der Waals surface area contributed by atoms with Gasteiger partial charge in [-0.3, -0.25) is 9.59 Å². The van der Waals surface area contributed by atoms with E-state index in [-0.39, 0.29) is 24.8 Å². The predicted molar refractivity (Wildman–Crippen MR) is 114 cm³/mol. The summed E-state index contributed by atoms with van der Waals surface area (Å²) >= 11 is 0. The van der Waals surface area contributed by atoms with E-state index in [1.807, 2.05) is 29.2 Å². The molecule has 2 aromatic carbocycles. The van der Waals surface area contributed by atoms with Crippen molar-refractivity contribution in [1.29, 1.82) is 0 Å². The van der Waals surface area contributed by atoms with Crippen LogP contribution < -0.4 is 15.0 Å².